The average molecular weight is 297 g/mol. The van der Waals surface area contributed by atoms with Gasteiger partial charge in [0.1, 0.15) is 11.4 Å². The van der Waals surface area contributed by atoms with Crippen LogP contribution in [0.1, 0.15) is 33.1 Å². The lowest BCUT2D eigenvalue weighted by molar-refractivity contribution is 0.0350. The van der Waals surface area contributed by atoms with Crippen LogP contribution in [-0.4, -0.2) is 31.3 Å². The summed E-state index contributed by atoms with van der Waals surface area (Å²) in [5, 5.41) is 3.44. The topological polar surface area (TPSA) is 24.5 Å². The van der Waals surface area contributed by atoms with Gasteiger partial charge in [0, 0.05) is 19.0 Å². The van der Waals surface area contributed by atoms with E-state index >= 15 is 0 Å². The van der Waals surface area contributed by atoms with Crippen molar-refractivity contribution >= 4 is 18.1 Å². The monoisotopic (exact) mass is 296 g/mol. The molecule has 0 saturated carbocycles. The van der Waals surface area contributed by atoms with Gasteiger partial charge in [-0.2, -0.15) is 0 Å². The summed E-state index contributed by atoms with van der Waals surface area (Å²) >= 11 is 0. The molecule has 3 rings (SSSR count). The van der Waals surface area contributed by atoms with Crippen LogP contribution in [0.15, 0.2) is 24.3 Å². The highest BCUT2D eigenvalue weighted by molar-refractivity contribution is 5.85. The molecule has 1 saturated heterocycles. The highest BCUT2D eigenvalue weighted by Gasteiger charge is 2.37. The molecule has 2 aliphatic rings. The van der Waals surface area contributed by atoms with Crippen LogP contribution in [0, 0.1) is 0 Å². The van der Waals surface area contributed by atoms with Gasteiger partial charge in [-0.3, -0.25) is 0 Å². The fourth-order valence-electron chi connectivity index (χ4n) is 3.28. The van der Waals surface area contributed by atoms with E-state index in [0.717, 1.165) is 44.6 Å². The van der Waals surface area contributed by atoms with Crippen molar-refractivity contribution in [1.82, 2.24) is 5.32 Å². The minimum atomic E-state index is 0. The smallest absolute Gasteiger partial charge is 0.143 e. The summed E-state index contributed by atoms with van der Waals surface area (Å²) < 4.78 is 6.48. The van der Waals surface area contributed by atoms with Gasteiger partial charge in [-0.05, 0) is 51.9 Å². The molecule has 0 aliphatic carbocycles. The van der Waals surface area contributed by atoms with Gasteiger partial charge in [0.25, 0.3) is 0 Å². The van der Waals surface area contributed by atoms with E-state index in [1.165, 1.54) is 5.69 Å². The zero-order chi connectivity index (χ0) is 13.3. The maximum Gasteiger partial charge on any atom is 0.143 e. The third-order valence-corrected chi connectivity index (χ3v) is 4.45. The molecule has 2 aliphatic heterocycles. The number of rotatable bonds is 1. The van der Waals surface area contributed by atoms with Crippen molar-refractivity contribution < 1.29 is 4.74 Å². The van der Waals surface area contributed by atoms with Gasteiger partial charge >= 0.3 is 0 Å². The number of anilines is 1. The van der Waals surface area contributed by atoms with Crippen molar-refractivity contribution in [3.8, 4) is 5.75 Å². The van der Waals surface area contributed by atoms with Crippen molar-refractivity contribution in [2.45, 2.75) is 44.8 Å². The standard InChI is InChI=1S/C16H24N2O.ClH/c1-13(2)18-12-9-16(7-10-17-11-8-16)19-15-6-4-3-5-14(15)18;/h3-6,13,17H,7-12H2,1-2H3;1H. The lowest BCUT2D eigenvalue weighted by atomic mass is 9.88. The zero-order valence-electron chi connectivity index (χ0n) is 12.4. The third kappa shape index (κ3) is 2.89. The number of ether oxygens (including phenoxy) is 1. The first-order chi connectivity index (χ1) is 9.20. The number of halogens is 1. The summed E-state index contributed by atoms with van der Waals surface area (Å²) in [5.74, 6) is 1.07. The second-order valence-corrected chi connectivity index (χ2v) is 6.04. The lowest BCUT2D eigenvalue weighted by Crippen LogP contribution is -2.47. The van der Waals surface area contributed by atoms with Crippen LogP contribution in [0.3, 0.4) is 0 Å². The lowest BCUT2D eigenvalue weighted by Gasteiger charge is -2.37. The van der Waals surface area contributed by atoms with E-state index in [-0.39, 0.29) is 18.0 Å². The predicted molar refractivity (Wildman–Crippen MR) is 86.3 cm³/mol. The Kier molecular flexibility index (Phi) is 4.82. The van der Waals surface area contributed by atoms with E-state index < -0.39 is 0 Å². The van der Waals surface area contributed by atoms with Gasteiger partial charge in [-0.1, -0.05) is 12.1 Å². The van der Waals surface area contributed by atoms with Crippen molar-refractivity contribution in [3.05, 3.63) is 24.3 Å². The van der Waals surface area contributed by atoms with Crippen molar-refractivity contribution in [1.29, 1.82) is 0 Å². The van der Waals surface area contributed by atoms with E-state index in [1.54, 1.807) is 0 Å². The number of hydrogen-bond donors (Lipinski definition) is 1. The first-order valence-corrected chi connectivity index (χ1v) is 7.46. The molecule has 1 fully saturated rings. The van der Waals surface area contributed by atoms with Gasteiger partial charge in [-0.25, -0.2) is 0 Å². The van der Waals surface area contributed by atoms with Crippen LogP contribution in [0.5, 0.6) is 5.75 Å². The molecule has 1 aromatic rings. The Labute approximate surface area is 128 Å². The van der Waals surface area contributed by atoms with Gasteiger partial charge in [0.2, 0.25) is 0 Å². The van der Waals surface area contributed by atoms with Gasteiger partial charge in [0.05, 0.1) is 5.69 Å². The Hall–Kier alpha value is -0.930. The minimum absolute atomic E-state index is 0. The van der Waals surface area contributed by atoms with Gasteiger partial charge in [-0.15, -0.1) is 12.4 Å². The van der Waals surface area contributed by atoms with E-state index in [1.807, 2.05) is 0 Å². The predicted octanol–water partition coefficient (Wildman–Crippen LogP) is 3.23. The minimum Gasteiger partial charge on any atom is -0.485 e. The normalized spacial score (nSPS) is 20.9. The summed E-state index contributed by atoms with van der Waals surface area (Å²) in [7, 11) is 0. The SMILES string of the molecule is CC(C)N1CCC2(CCNCC2)Oc2ccccc21.Cl. The van der Waals surface area contributed by atoms with Crippen LogP contribution in [-0.2, 0) is 0 Å². The Balaban J connectivity index is 0.00000147. The van der Waals surface area contributed by atoms with E-state index in [0.29, 0.717) is 6.04 Å². The third-order valence-electron chi connectivity index (χ3n) is 4.45. The second kappa shape index (κ2) is 6.23. The van der Waals surface area contributed by atoms with Crippen molar-refractivity contribution in [2.24, 2.45) is 0 Å². The van der Waals surface area contributed by atoms with Crippen molar-refractivity contribution in [2.75, 3.05) is 24.5 Å². The van der Waals surface area contributed by atoms with Crippen LogP contribution >= 0.6 is 12.4 Å². The molecule has 0 unspecified atom stereocenters. The Bertz CT molecular complexity index is 444. The highest BCUT2D eigenvalue weighted by Crippen LogP contribution is 2.39. The molecule has 1 N–H and O–H groups in total. The summed E-state index contributed by atoms with van der Waals surface area (Å²) in [6, 6.07) is 9.02. The quantitative estimate of drug-likeness (QED) is 0.861. The molecule has 20 heavy (non-hydrogen) atoms. The first kappa shape index (κ1) is 15.5. The van der Waals surface area contributed by atoms with Gasteiger partial charge in [0.15, 0.2) is 0 Å². The molecule has 0 atom stereocenters. The second-order valence-electron chi connectivity index (χ2n) is 6.04. The largest absolute Gasteiger partial charge is 0.485 e. The van der Waals surface area contributed by atoms with Crippen LogP contribution < -0.4 is 15.0 Å². The molecule has 3 nitrogen and oxygen atoms in total. The van der Waals surface area contributed by atoms with E-state index in [9.17, 15) is 0 Å². The molecular formula is C16H25ClN2O. The van der Waals surface area contributed by atoms with Crippen molar-refractivity contribution in [3.63, 3.8) is 0 Å². The summed E-state index contributed by atoms with van der Waals surface area (Å²) in [6.45, 7) is 7.76. The maximum atomic E-state index is 6.48. The average Bonchev–Trinajstić information content (AvgIpc) is 2.56. The number of fused-ring (bicyclic) bond motifs is 1. The molecule has 2 heterocycles. The number of hydrogen-bond acceptors (Lipinski definition) is 3. The molecule has 0 amide bonds. The zero-order valence-corrected chi connectivity index (χ0v) is 13.2. The number of piperidine rings is 1. The summed E-state index contributed by atoms with van der Waals surface area (Å²) in [4.78, 5) is 2.48. The maximum absolute atomic E-state index is 6.48. The van der Waals surface area contributed by atoms with E-state index in [2.05, 4.69) is 48.3 Å². The molecule has 1 aromatic carbocycles. The molecule has 0 radical (unpaired) electrons. The summed E-state index contributed by atoms with van der Waals surface area (Å²) in [6.07, 6.45) is 3.36. The Morgan fingerprint density at radius 2 is 1.85 bits per heavy atom. The summed E-state index contributed by atoms with van der Waals surface area (Å²) in [5.41, 5.74) is 1.30. The number of para-hydroxylation sites is 2. The van der Waals surface area contributed by atoms with Crippen LogP contribution in [0.2, 0.25) is 0 Å². The first-order valence-electron chi connectivity index (χ1n) is 7.46. The molecule has 4 heteroatoms. The van der Waals surface area contributed by atoms with Gasteiger partial charge < -0.3 is 15.0 Å². The Morgan fingerprint density at radius 3 is 2.55 bits per heavy atom. The fourth-order valence-corrected chi connectivity index (χ4v) is 3.28. The number of nitrogens with zero attached hydrogens (tertiary/aromatic N) is 1. The Morgan fingerprint density at radius 1 is 1.15 bits per heavy atom. The molecule has 0 bridgehead atoms. The van der Waals surface area contributed by atoms with Crippen LogP contribution in [0.4, 0.5) is 5.69 Å². The molecular weight excluding hydrogens is 272 g/mol. The fraction of sp³-hybridized carbons (Fsp3) is 0.625. The number of benzene rings is 1. The van der Waals surface area contributed by atoms with Crippen LogP contribution in [0.25, 0.3) is 0 Å². The molecule has 0 aromatic heterocycles. The highest BCUT2D eigenvalue weighted by atomic mass is 35.5. The van der Waals surface area contributed by atoms with E-state index in [4.69, 9.17) is 4.74 Å². The number of nitrogens with one attached hydrogen (secondary N) is 1. The molecule has 112 valence electrons. The molecule has 1 spiro atoms.